The number of nitrogens with one attached hydrogen (secondary N) is 2. The molecule has 0 bridgehead atoms. The summed E-state index contributed by atoms with van der Waals surface area (Å²) < 4.78 is 0. The molecule has 502 valence electrons. The molecule has 0 unspecified atom stereocenters. The van der Waals surface area contributed by atoms with Crippen molar-refractivity contribution in [3.05, 3.63) is 0 Å². The van der Waals surface area contributed by atoms with Crippen LogP contribution in [0, 0.1) is 5.92 Å². The van der Waals surface area contributed by atoms with Gasteiger partial charge < -0.3 is 75.0 Å². The maximum absolute atomic E-state index is 13.1. The molecule has 1 saturated heterocycles. The summed E-state index contributed by atoms with van der Waals surface area (Å²) in [5.41, 5.74) is 0. The van der Waals surface area contributed by atoms with E-state index in [-0.39, 0.29) is 116 Å². The van der Waals surface area contributed by atoms with Gasteiger partial charge in [0.1, 0.15) is 0 Å². The van der Waals surface area contributed by atoms with Gasteiger partial charge in [0, 0.05) is 155 Å². The first kappa shape index (κ1) is 78.6. The minimum Gasteiger partial charge on any atom is -0.480 e. The first-order valence-electron chi connectivity index (χ1n) is 28.4. The van der Waals surface area contributed by atoms with Crippen LogP contribution in [-0.4, -0.2) is 407 Å². The van der Waals surface area contributed by atoms with Crippen LogP contribution in [0.4, 0.5) is 0 Å². The average Bonchev–Trinajstić information content (AvgIpc) is 3.66. The fourth-order valence-electron chi connectivity index (χ4n) is 8.35. The van der Waals surface area contributed by atoms with Crippen molar-refractivity contribution in [3.63, 3.8) is 0 Å². The standard InChI is InChI=1S/C54H92N16O19/c1-38(54(89)55-2)23-39(71)24-57(3)42(74)27-59(5)44(76)29-61(7)46(78)31-63(9)48(80)33-65(11)50(82)34-66(12)49(81)32-64(10)47(79)30-62(8)45(77)28-60(6)43(75)26-58(4)41(73)13-14-56-40(72)25-67-15-17-68(35-51(83)84)19-21-70(37-53(87)88)22-20-69(18-16-67)36-52(85)86/h38H,13-37H2,1-12H3,(H,55,89)(H,56,72)(H,83,84)(H,85,86)(H,87,88)/t38-/m1/s1. The van der Waals surface area contributed by atoms with Crippen LogP contribution in [0.25, 0.3) is 0 Å². The van der Waals surface area contributed by atoms with Crippen LogP contribution in [0.1, 0.15) is 19.8 Å². The number of nitrogens with zero attached hydrogens (tertiary/aromatic N) is 14. The van der Waals surface area contributed by atoms with E-state index >= 15 is 0 Å². The summed E-state index contributed by atoms with van der Waals surface area (Å²) in [6.07, 6.45) is -0.296. The first-order chi connectivity index (χ1) is 41.4. The second kappa shape index (κ2) is 39.5. The van der Waals surface area contributed by atoms with E-state index in [9.17, 15) is 92.0 Å². The van der Waals surface area contributed by atoms with Gasteiger partial charge in [-0.15, -0.1) is 0 Å². The number of aliphatic carboxylic acids is 3. The Kier molecular flexibility index (Phi) is 34.8. The highest BCUT2D eigenvalue weighted by Crippen LogP contribution is 2.07. The maximum atomic E-state index is 13.1. The molecule has 1 heterocycles. The molecular weight excluding hydrogens is 1180 g/mol. The summed E-state index contributed by atoms with van der Waals surface area (Å²) in [7, 11) is 14.6. The van der Waals surface area contributed by atoms with Crippen molar-refractivity contribution in [2.75, 3.05) is 228 Å². The highest BCUT2D eigenvalue weighted by molar-refractivity contribution is 5.95. The fourth-order valence-corrected chi connectivity index (χ4v) is 8.35. The zero-order valence-corrected chi connectivity index (χ0v) is 53.4. The second-order valence-corrected chi connectivity index (χ2v) is 22.1. The number of amides is 12. The van der Waals surface area contributed by atoms with Gasteiger partial charge in [-0.05, 0) is 0 Å². The third-order valence-corrected chi connectivity index (χ3v) is 14.3. The Bertz CT molecular complexity index is 2510. The Balaban J connectivity index is 2.61. The van der Waals surface area contributed by atoms with Crippen molar-refractivity contribution < 1.29 is 92.0 Å². The Morgan fingerprint density at radius 3 is 0.787 bits per heavy atom. The molecule has 0 radical (unpaired) electrons. The predicted molar refractivity (Wildman–Crippen MR) is 316 cm³/mol. The molecule has 0 aromatic rings. The number of carboxylic acid groups (broad SMARTS) is 3. The number of hydrogen-bond donors (Lipinski definition) is 5. The fraction of sp³-hybridized carbons (Fsp3) is 0.704. The molecule has 1 aliphatic heterocycles. The van der Waals surface area contributed by atoms with Crippen molar-refractivity contribution in [3.8, 4) is 0 Å². The van der Waals surface area contributed by atoms with Gasteiger partial charge in [0.05, 0.1) is 91.6 Å². The number of ketones is 1. The molecule has 1 fully saturated rings. The van der Waals surface area contributed by atoms with Crippen LogP contribution in [0.3, 0.4) is 0 Å². The minimum absolute atomic E-state index is 0.0831. The summed E-state index contributed by atoms with van der Waals surface area (Å²) >= 11 is 0. The number of rotatable bonds is 34. The van der Waals surface area contributed by atoms with Gasteiger partial charge in [0.15, 0.2) is 5.78 Å². The van der Waals surface area contributed by atoms with Gasteiger partial charge in [0.25, 0.3) is 0 Å². The number of hydrogen-bond acceptors (Lipinski definition) is 20. The lowest BCUT2D eigenvalue weighted by Gasteiger charge is -2.32. The van der Waals surface area contributed by atoms with Crippen molar-refractivity contribution in [1.82, 2.24) is 79.2 Å². The molecule has 1 rings (SSSR count). The molecule has 0 aromatic heterocycles. The summed E-state index contributed by atoms with van der Waals surface area (Å²) in [5.74, 6) is -11.4. The van der Waals surface area contributed by atoms with Crippen LogP contribution in [0.5, 0.6) is 0 Å². The van der Waals surface area contributed by atoms with E-state index in [1.807, 2.05) is 0 Å². The molecule has 35 heteroatoms. The normalized spacial score (nSPS) is 13.8. The number of carbonyl (C=O) groups excluding carboxylic acids is 13. The lowest BCUT2D eigenvalue weighted by molar-refractivity contribution is -0.146. The molecule has 5 N–H and O–H groups in total. The first-order valence-corrected chi connectivity index (χ1v) is 28.4. The topological polar surface area (TPSA) is 403 Å². The van der Waals surface area contributed by atoms with Crippen molar-refractivity contribution >= 4 is 94.6 Å². The molecule has 12 amide bonds. The van der Waals surface area contributed by atoms with E-state index < -0.39 is 148 Å². The summed E-state index contributed by atoms with van der Waals surface area (Å²) in [6.45, 7) is -2.69. The van der Waals surface area contributed by atoms with Crippen molar-refractivity contribution in [2.45, 2.75) is 19.8 Å². The van der Waals surface area contributed by atoms with Gasteiger partial charge in [-0.3, -0.25) is 96.3 Å². The minimum atomic E-state index is -1.10. The number of carboxylic acids is 3. The van der Waals surface area contributed by atoms with E-state index in [4.69, 9.17) is 0 Å². The van der Waals surface area contributed by atoms with Gasteiger partial charge >= 0.3 is 17.9 Å². The number of carbonyl (C=O) groups is 16. The number of Topliss-reactive ketones (excluding diaryl/α,β-unsaturated/α-hetero) is 1. The zero-order chi connectivity index (χ0) is 68.0. The third kappa shape index (κ3) is 31.3. The van der Waals surface area contributed by atoms with E-state index in [0.717, 1.165) is 49.0 Å². The Labute approximate surface area is 518 Å². The van der Waals surface area contributed by atoms with E-state index in [2.05, 4.69) is 10.6 Å². The summed E-state index contributed by atoms with van der Waals surface area (Å²) in [6, 6.07) is 0. The van der Waals surface area contributed by atoms with Crippen molar-refractivity contribution in [2.24, 2.45) is 5.92 Å². The lowest BCUT2D eigenvalue weighted by atomic mass is 10.0. The molecule has 35 nitrogen and oxygen atoms in total. The van der Waals surface area contributed by atoms with Crippen LogP contribution in [-0.2, 0) is 76.7 Å². The molecule has 0 aliphatic carbocycles. The summed E-state index contributed by atoms with van der Waals surface area (Å²) in [5, 5.41) is 33.4. The Hall–Kier alpha value is -8.44. The van der Waals surface area contributed by atoms with E-state index in [1.54, 1.807) is 26.5 Å². The molecule has 1 aliphatic rings. The second-order valence-electron chi connectivity index (χ2n) is 22.1. The molecule has 1 atom stereocenters. The number of likely N-dealkylation sites (N-methyl/N-ethyl adjacent to an activating group) is 10. The summed E-state index contributed by atoms with van der Waals surface area (Å²) in [4.78, 5) is 219. The molecule has 0 aromatic carbocycles. The van der Waals surface area contributed by atoms with Gasteiger partial charge in [-0.1, -0.05) is 6.92 Å². The highest BCUT2D eigenvalue weighted by Gasteiger charge is 2.28. The lowest BCUT2D eigenvalue weighted by Crippen LogP contribution is -2.50. The predicted octanol–water partition coefficient (Wildman–Crippen LogP) is -8.11. The van der Waals surface area contributed by atoms with Crippen LogP contribution >= 0.6 is 0 Å². The smallest absolute Gasteiger partial charge is 0.317 e. The van der Waals surface area contributed by atoms with Crippen LogP contribution in [0.15, 0.2) is 0 Å². The highest BCUT2D eigenvalue weighted by atomic mass is 16.4. The van der Waals surface area contributed by atoms with E-state index in [1.165, 1.54) is 77.5 Å². The van der Waals surface area contributed by atoms with Gasteiger partial charge in [-0.25, -0.2) is 0 Å². The quantitative estimate of drug-likeness (QED) is 0.0399. The van der Waals surface area contributed by atoms with Crippen LogP contribution < -0.4 is 10.6 Å². The van der Waals surface area contributed by atoms with Crippen molar-refractivity contribution in [1.29, 1.82) is 0 Å². The largest absolute Gasteiger partial charge is 0.480 e. The van der Waals surface area contributed by atoms with Gasteiger partial charge in [0.2, 0.25) is 70.9 Å². The van der Waals surface area contributed by atoms with Crippen LogP contribution in [0.2, 0.25) is 0 Å². The van der Waals surface area contributed by atoms with Gasteiger partial charge in [-0.2, -0.15) is 0 Å². The Morgan fingerprint density at radius 1 is 0.348 bits per heavy atom. The molecular formula is C54H92N16O19. The molecule has 0 spiro atoms. The Morgan fingerprint density at radius 2 is 0.562 bits per heavy atom. The molecule has 89 heavy (non-hydrogen) atoms. The third-order valence-electron chi connectivity index (χ3n) is 14.3. The molecule has 0 saturated carbocycles. The zero-order valence-electron chi connectivity index (χ0n) is 53.4. The van der Waals surface area contributed by atoms with E-state index in [0.29, 0.717) is 0 Å². The monoisotopic (exact) mass is 1270 g/mol. The SMILES string of the molecule is CNC(=O)[C@H](C)CC(=O)CN(C)C(=O)CN(C)C(=O)CN(C)C(=O)CN(C)C(=O)CN(C)C(=O)CN(C)C(=O)CN(C)C(=O)CN(C)C(=O)CN(C)C(=O)CN(C)C(=O)CCNC(=O)CN1CCN(CC(=O)O)CCN(CC(=O)O)CCN(CC(=O)O)CC1. The average molecular weight is 1270 g/mol. The maximum Gasteiger partial charge on any atom is 0.317 e.